The van der Waals surface area contributed by atoms with Crippen molar-refractivity contribution in [2.75, 3.05) is 5.32 Å². The lowest BCUT2D eigenvalue weighted by atomic mass is 10.1. The summed E-state index contributed by atoms with van der Waals surface area (Å²) in [7, 11) is 3.64. The molecule has 0 spiro atoms. The van der Waals surface area contributed by atoms with Gasteiger partial charge in [-0.25, -0.2) is 0 Å². The largest absolute Gasteiger partial charge is 0.320 e. The second kappa shape index (κ2) is 5.59. The highest BCUT2D eigenvalue weighted by atomic mass is 16.1. The van der Waals surface area contributed by atoms with Crippen LogP contribution >= 0.6 is 0 Å². The van der Waals surface area contributed by atoms with Crippen LogP contribution in [0.3, 0.4) is 0 Å². The molecule has 1 aliphatic carbocycles. The number of aryl methyl sites for hydroxylation is 3. The Kier molecular flexibility index (Phi) is 3.41. The number of hydrogen-bond donors (Lipinski definition) is 1. The SMILES string of the molecule is Cn1cc(-c2nn(C)cc2C(=O)Nc2cncc3c2CCC3)cn1. The summed E-state index contributed by atoms with van der Waals surface area (Å²) in [6.07, 6.45) is 12.0. The minimum atomic E-state index is -0.177. The molecule has 0 radical (unpaired) electrons. The molecule has 24 heavy (non-hydrogen) atoms. The highest BCUT2D eigenvalue weighted by Crippen LogP contribution is 2.29. The lowest BCUT2D eigenvalue weighted by Crippen LogP contribution is -2.14. The van der Waals surface area contributed by atoms with Gasteiger partial charge in [0.15, 0.2) is 0 Å². The molecule has 1 aliphatic rings. The summed E-state index contributed by atoms with van der Waals surface area (Å²) in [6, 6.07) is 0. The summed E-state index contributed by atoms with van der Waals surface area (Å²) < 4.78 is 3.34. The second-order valence-electron chi connectivity index (χ2n) is 6.10. The molecule has 3 aromatic rings. The van der Waals surface area contributed by atoms with E-state index in [0.717, 1.165) is 30.5 Å². The molecule has 0 saturated carbocycles. The molecule has 0 unspecified atom stereocenters. The third kappa shape index (κ3) is 2.47. The number of carbonyl (C=O) groups excluding carboxylic acids is 1. The maximum Gasteiger partial charge on any atom is 0.259 e. The molecule has 0 saturated heterocycles. The fraction of sp³-hybridized carbons (Fsp3) is 0.294. The van der Waals surface area contributed by atoms with Crippen molar-refractivity contribution in [3.8, 4) is 11.3 Å². The van der Waals surface area contributed by atoms with E-state index in [1.54, 1.807) is 35.0 Å². The smallest absolute Gasteiger partial charge is 0.259 e. The van der Waals surface area contributed by atoms with Crippen LogP contribution in [0.25, 0.3) is 11.3 Å². The van der Waals surface area contributed by atoms with Gasteiger partial charge in [0, 0.05) is 38.2 Å². The van der Waals surface area contributed by atoms with Gasteiger partial charge in [-0.05, 0) is 30.4 Å². The van der Waals surface area contributed by atoms with Crippen LogP contribution < -0.4 is 5.32 Å². The number of rotatable bonds is 3. The van der Waals surface area contributed by atoms with E-state index in [1.165, 1.54) is 11.1 Å². The van der Waals surface area contributed by atoms with Gasteiger partial charge >= 0.3 is 0 Å². The van der Waals surface area contributed by atoms with E-state index in [4.69, 9.17) is 0 Å². The third-order valence-corrected chi connectivity index (χ3v) is 4.32. The van der Waals surface area contributed by atoms with Crippen LogP contribution in [0.15, 0.2) is 31.0 Å². The first-order valence-electron chi connectivity index (χ1n) is 7.91. The molecule has 7 nitrogen and oxygen atoms in total. The molecule has 0 aliphatic heterocycles. The Bertz CT molecular complexity index is 923. The molecule has 1 N–H and O–H groups in total. The quantitative estimate of drug-likeness (QED) is 0.799. The molecule has 7 heteroatoms. The van der Waals surface area contributed by atoms with E-state index in [0.29, 0.717) is 11.3 Å². The summed E-state index contributed by atoms with van der Waals surface area (Å²) in [6.45, 7) is 0. The molecule has 3 heterocycles. The Balaban J connectivity index is 1.68. The molecular weight excluding hydrogens is 304 g/mol. The number of fused-ring (bicyclic) bond motifs is 1. The number of amides is 1. The Hall–Kier alpha value is -2.96. The molecule has 122 valence electrons. The highest BCUT2D eigenvalue weighted by molar-refractivity contribution is 6.08. The van der Waals surface area contributed by atoms with Gasteiger partial charge in [-0.1, -0.05) is 0 Å². The number of hydrogen-bond acceptors (Lipinski definition) is 4. The van der Waals surface area contributed by atoms with Crippen molar-refractivity contribution in [3.05, 3.63) is 47.7 Å². The van der Waals surface area contributed by atoms with E-state index in [1.807, 2.05) is 19.4 Å². The van der Waals surface area contributed by atoms with Gasteiger partial charge in [-0.15, -0.1) is 0 Å². The van der Waals surface area contributed by atoms with Gasteiger partial charge < -0.3 is 5.32 Å². The van der Waals surface area contributed by atoms with Crippen molar-refractivity contribution < 1.29 is 4.79 Å². The highest BCUT2D eigenvalue weighted by Gasteiger charge is 2.21. The van der Waals surface area contributed by atoms with Crippen LogP contribution in [0.4, 0.5) is 5.69 Å². The summed E-state index contributed by atoms with van der Waals surface area (Å²) >= 11 is 0. The van der Waals surface area contributed by atoms with Crippen molar-refractivity contribution in [2.24, 2.45) is 14.1 Å². The van der Waals surface area contributed by atoms with E-state index >= 15 is 0 Å². The Morgan fingerprint density at radius 2 is 2.00 bits per heavy atom. The summed E-state index contributed by atoms with van der Waals surface area (Å²) in [5.41, 5.74) is 5.21. The standard InChI is InChI=1S/C17H18N6O/c1-22-9-12(7-19-22)16-14(10-23(2)21-16)17(24)20-15-8-18-6-11-4-3-5-13(11)15/h6-10H,3-5H2,1-2H3,(H,20,24). The van der Waals surface area contributed by atoms with Crippen LogP contribution in [-0.4, -0.2) is 30.5 Å². The number of nitrogens with zero attached hydrogens (tertiary/aromatic N) is 5. The Morgan fingerprint density at radius 3 is 2.79 bits per heavy atom. The lowest BCUT2D eigenvalue weighted by Gasteiger charge is -2.09. The fourth-order valence-corrected chi connectivity index (χ4v) is 3.21. The van der Waals surface area contributed by atoms with E-state index < -0.39 is 0 Å². The molecular formula is C17H18N6O. The molecule has 0 fully saturated rings. The van der Waals surface area contributed by atoms with Gasteiger partial charge in [0.05, 0.1) is 23.6 Å². The molecule has 0 atom stereocenters. The predicted molar refractivity (Wildman–Crippen MR) is 89.6 cm³/mol. The van der Waals surface area contributed by atoms with E-state index in [2.05, 4.69) is 20.5 Å². The monoisotopic (exact) mass is 322 g/mol. The summed E-state index contributed by atoms with van der Waals surface area (Å²) in [4.78, 5) is 17.1. The molecule has 3 aromatic heterocycles. The van der Waals surface area contributed by atoms with Gasteiger partial charge in [-0.3, -0.25) is 19.1 Å². The topological polar surface area (TPSA) is 77.6 Å². The molecule has 0 aromatic carbocycles. The molecule has 4 rings (SSSR count). The number of aromatic nitrogens is 5. The maximum atomic E-state index is 12.8. The first-order valence-corrected chi connectivity index (χ1v) is 7.91. The molecule has 1 amide bonds. The van der Waals surface area contributed by atoms with Gasteiger partial charge in [-0.2, -0.15) is 10.2 Å². The average molecular weight is 322 g/mol. The zero-order valence-electron chi connectivity index (χ0n) is 13.7. The van der Waals surface area contributed by atoms with Crippen LogP contribution in [0.1, 0.15) is 27.9 Å². The minimum Gasteiger partial charge on any atom is -0.320 e. The Labute approximate surface area is 139 Å². The van der Waals surface area contributed by atoms with Gasteiger partial charge in [0.2, 0.25) is 0 Å². The maximum absolute atomic E-state index is 12.8. The minimum absolute atomic E-state index is 0.177. The number of carbonyl (C=O) groups is 1. The number of pyridine rings is 1. The zero-order chi connectivity index (χ0) is 16.7. The average Bonchev–Trinajstić information content (AvgIpc) is 3.26. The van der Waals surface area contributed by atoms with Crippen LogP contribution in [0.5, 0.6) is 0 Å². The lowest BCUT2D eigenvalue weighted by molar-refractivity contribution is 0.102. The Morgan fingerprint density at radius 1 is 1.12 bits per heavy atom. The van der Waals surface area contributed by atoms with Crippen molar-refractivity contribution in [3.63, 3.8) is 0 Å². The second-order valence-corrected chi connectivity index (χ2v) is 6.10. The summed E-state index contributed by atoms with van der Waals surface area (Å²) in [5.74, 6) is -0.177. The van der Waals surface area contributed by atoms with Gasteiger partial charge in [0.25, 0.3) is 5.91 Å². The van der Waals surface area contributed by atoms with Crippen molar-refractivity contribution >= 4 is 11.6 Å². The number of nitrogens with one attached hydrogen (secondary N) is 1. The van der Waals surface area contributed by atoms with Crippen LogP contribution in [0.2, 0.25) is 0 Å². The first kappa shape index (κ1) is 14.6. The fourth-order valence-electron chi connectivity index (χ4n) is 3.21. The normalized spacial score (nSPS) is 13.1. The van der Waals surface area contributed by atoms with Crippen LogP contribution in [-0.2, 0) is 26.9 Å². The van der Waals surface area contributed by atoms with Crippen molar-refractivity contribution in [1.29, 1.82) is 0 Å². The number of anilines is 1. The van der Waals surface area contributed by atoms with Crippen molar-refractivity contribution in [2.45, 2.75) is 19.3 Å². The first-order chi connectivity index (χ1) is 11.6. The third-order valence-electron chi connectivity index (χ3n) is 4.32. The van der Waals surface area contributed by atoms with Crippen molar-refractivity contribution in [1.82, 2.24) is 24.5 Å². The predicted octanol–water partition coefficient (Wildman–Crippen LogP) is 1.96. The van der Waals surface area contributed by atoms with E-state index in [-0.39, 0.29) is 5.91 Å². The zero-order valence-corrected chi connectivity index (χ0v) is 13.7. The molecule has 0 bridgehead atoms. The van der Waals surface area contributed by atoms with E-state index in [9.17, 15) is 4.79 Å². The summed E-state index contributed by atoms with van der Waals surface area (Å²) in [5, 5.41) is 11.6. The van der Waals surface area contributed by atoms with Crippen LogP contribution in [0, 0.1) is 0 Å². The van der Waals surface area contributed by atoms with Gasteiger partial charge in [0.1, 0.15) is 5.69 Å².